The van der Waals surface area contributed by atoms with Crippen molar-refractivity contribution in [2.24, 2.45) is 0 Å². The number of carbonyl (C=O) groups is 2. The number of benzene rings is 1. The van der Waals surface area contributed by atoms with E-state index >= 15 is 0 Å². The maximum atomic E-state index is 11.3. The zero-order valence-corrected chi connectivity index (χ0v) is 10.6. The molecule has 1 aromatic rings. The van der Waals surface area contributed by atoms with Crippen molar-refractivity contribution in [1.29, 1.82) is 0 Å². The lowest BCUT2D eigenvalue weighted by atomic mass is 10.2. The number of imide groups is 1. The summed E-state index contributed by atoms with van der Waals surface area (Å²) in [5.74, 6) is -0.783. The molecule has 0 bridgehead atoms. The molecule has 94 valence electrons. The van der Waals surface area contributed by atoms with Crippen molar-refractivity contribution >= 4 is 39.1 Å². The normalized spacial score (nSPS) is 18.6. The molecule has 1 aliphatic heterocycles. The van der Waals surface area contributed by atoms with Gasteiger partial charge in [-0.15, -0.1) is 0 Å². The molecule has 1 aromatic carbocycles. The van der Waals surface area contributed by atoms with Gasteiger partial charge in [0.15, 0.2) is 0 Å². The molecule has 1 fully saturated rings. The smallest absolute Gasteiger partial charge is 0.285 e. The first kappa shape index (κ1) is 12.5. The first-order valence-corrected chi connectivity index (χ1v) is 5.81. The van der Waals surface area contributed by atoms with Crippen LogP contribution in [0.25, 0.3) is 0 Å². The van der Waals surface area contributed by atoms with Crippen LogP contribution in [0.1, 0.15) is 6.42 Å². The van der Waals surface area contributed by atoms with Crippen LogP contribution in [0.15, 0.2) is 22.7 Å². The molecule has 1 heterocycles. The Bertz CT molecular complexity index is 546. The Morgan fingerprint density at radius 2 is 2.17 bits per heavy atom. The lowest BCUT2D eigenvalue weighted by molar-refractivity contribution is -0.385. The zero-order chi connectivity index (χ0) is 13.3. The summed E-state index contributed by atoms with van der Waals surface area (Å²) in [4.78, 5) is 32.5. The summed E-state index contributed by atoms with van der Waals surface area (Å²) in [5.41, 5.74) is 0.310. The first-order chi connectivity index (χ1) is 8.47. The minimum Gasteiger partial charge on any atom is -0.373 e. The van der Waals surface area contributed by atoms with E-state index in [0.29, 0.717) is 10.2 Å². The molecular formula is C10H8BrN3O4. The van der Waals surface area contributed by atoms with Gasteiger partial charge in [0.05, 0.1) is 15.8 Å². The fraction of sp³-hybridized carbons (Fsp3) is 0.200. The largest absolute Gasteiger partial charge is 0.373 e. The quantitative estimate of drug-likeness (QED) is 0.496. The predicted octanol–water partition coefficient (Wildman–Crippen LogP) is 1.18. The first-order valence-electron chi connectivity index (χ1n) is 5.01. The second-order valence-corrected chi connectivity index (χ2v) is 4.59. The molecule has 0 spiro atoms. The predicted molar refractivity (Wildman–Crippen MR) is 66.0 cm³/mol. The van der Waals surface area contributed by atoms with E-state index in [2.05, 4.69) is 26.6 Å². The lowest BCUT2D eigenvalue weighted by Crippen LogP contribution is -2.30. The number of nitro groups is 1. The summed E-state index contributed by atoms with van der Waals surface area (Å²) in [6, 6.07) is 3.72. The Morgan fingerprint density at radius 3 is 2.72 bits per heavy atom. The van der Waals surface area contributed by atoms with Crippen LogP contribution in [0.5, 0.6) is 0 Å². The van der Waals surface area contributed by atoms with Crippen LogP contribution < -0.4 is 10.6 Å². The van der Waals surface area contributed by atoms with E-state index in [1.165, 1.54) is 12.1 Å². The van der Waals surface area contributed by atoms with Crippen molar-refractivity contribution in [3.8, 4) is 0 Å². The highest BCUT2D eigenvalue weighted by Gasteiger charge is 2.30. The number of halogens is 1. The molecule has 2 amide bonds. The highest BCUT2D eigenvalue weighted by atomic mass is 79.9. The third-order valence-corrected chi connectivity index (χ3v) is 3.12. The highest BCUT2D eigenvalue weighted by molar-refractivity contribution is 9.10. The number of nitro benzene ring substituents is 1. The molecule has 7 nitrogen and oxygen atoms in total. The Labute approximate surface area is 110 Å². The molecule has 0 saturated carbocycles. The van der Waals surface area contributed by atoms with Crippen LogP contribution in [-0.2, 0) is 9.59 Å². The number of amides is 2. The Hall–Kier alpha value is -1.96. The minimum absolute atomic E-state index is 0.0305. The van der Waals surface area contributed by atoms with Crippen molar-refractivity contribution < 1.29 is 14.5 Å². The average molecular weight is 314 g/mol. The van der Waals surface area contributed by atoms with Gasteiger partial charge in [-0.2, -0.15) is 0 Å². The molecule has 1 unspecified atom stereocenters. The Kier molecular flexibility index (Phi) is 3.28. The van der Waals surface area contributed by atoms with E-state index in [-0.39, 0.29) is 18.0 Å². The molecule has 2 rings (SSSR count). The van der Waals surface area contributed by atoms with Crippen LogP contribution in [0.4, 0.5) is 11.4 Å². The van der Waals surface area contributed by atoms with E-state index < -0.39 is 16.9 Å². The van der Waals surface area contributed by atoms with Gasteiger partial charge in [-0.25, -0.2) is 0 Å². The van der Waals surface area contributed by atoms with Crippen LogP contribution in [-0.4, -0.2) is 22.8 Å². The molecule has 8 heteroatoms. The number of nitrogens with zero attached hydrogens (tertiary/aromatic N) is 1. The fourth-order valence-electron chi connectivity index (χ4n) is 1.61. The molecule has 18 heavy (non-hydrogen) atoms. The molecular weight excluding hydrogens is 306 g/mol. The van der Waals surface area contributed by atoms with Gasteiger partial charge in [0.1, 0.15) is 6.04 Å². The second-order valence-electron chi connectivity index (χ2n) is 3.74. The zero-order valence-electron chi connectivity index (χ0n) is 8.97. The summed E-state index contributed by atoms with van der Waals surface area (Å²) in [5, 5.41) is 15.7. The maximum absolute atomic E-state index is 11.3. The summed E-state index contributed by atoms with van der Waals surface area (Å²) in [6.45, 7) is 0. The molecule has 1 atom stereocenters. The monoisotopic (exact) mass is 313 g/mol. The van der Waals surface area contributed by atoms with Crippen molar-refractivity contribution in [3.63, 3.8) is 0 Å². The van der Waals surface area contributed by atoms with Gasteiger partial charge < -0.3 is 5.32 Å². The van der Waals surface area contributed by atoms with Gasteiger partial charge in [-0.3, -0.25) is 25.0 Å². The number of rotatable bonds is 3. The van der Waals surface area contributed by atoms with Crippen molar-refractivity contribution in [2.75, 3.05) is 5.32 Å². The van der Waals surface area contributed by atoms with E-state index in [9.17, 15) is 19.7 Å². The number of hydrogen-bond acceptors (Lipinski definition) is 5. The van der Waals surface area contributed by atoms with Crippen molar-refractivity contribution in [1.82, 2.24) is 5.32 Å². The van der Waals surface area contributed by atoms with Gasteiger partial charge in [0.25, 0.3) is 5.69 Å². The summed E-state index contributed by atoms with van der Waals surface area (Å²) >= 11 is 3.06. The second kappa shape index (κ2) is 4.73. The van der Waals surface area contributed by atoms with Gasteiger partial charge >= 0.3 is 0 Å². The van der Waals surface area contributed by atoms with Gasteiger partial charge in [-0.05, 0) is 28.1 Å². The number of nitrogens with one attached hydrogen (secondary N) is 2. The number of carbonyl (C=O) groups excluding carboxylic acids is 2. The number of hydrogen-bond donors (Lipinski definition) is 2. The van der Waals surface area contributed by atoms with Crippen molar-refractivity contribution in [3.05, 3.63) is 32.8 Å². The topological polar surface area (TPSA) is 101 Å². The lowest BCUT2D eigenvalue weighted by Gasteiger charge is -2.10. The molecule has 0 aromatic heterocycles. The van der Waals surface area contributed by atoms with Crippen LogP contribution in [0.3, 0.4) is 0 Å². The van der Waals surface area contributed by atoms with Crippen LogP contribution in [0, 0.1) is 10.1 Å². The fourth-order valence-corrected chi connectivity index (χ4v) is 2.01. The van der Waals surface area contributed by atoms with E-state index in [1.54, 1.807) is 6.07 Å². The van der Waals surface area contributed by atoms with Gasteiger partial charge in [0.2, 0.25) is 11.8 Å². The minimum atomic E-state index is -0.682. The molecule has 2 N–H and O–H groups in total. The average Bonchev–Trinajstić information content (AvgIpc) is 2.60. The van der Waals surface area contributed by atoms with Gasteiger partial charge in [-0.1, -0.05) is 0 Å². The molecule has 0 radical (unpaired) electrons. The molecule has 1 saturated heterocycles. The van der Waals surface area contributed by atoms with Gasteiger partial charge in [0, 0.05) is 11.8 Å². The highest BCUT2D eigenvalue weighted by Crippen LogP contribution is 2.28. The Morgan fingerprint density at radius 1 is 1.44 bits per heavy atom. The van der Waals surface area contributed by atoms with E-state index in [0.717, 1.165) is 0 Å². The summed E-state index contributed by atoms with van der Waals surface area (Å²) in [6.07, 6.45) is 0.0305. The maximum Gasteiger partial charge on any atom is 0.285 e. The van der Waals surface area contributed by atoms with Crippen LogP contribution in [0.2, 0.25) is 0 Å². The molecule has 1 aliphatic rings. The number of anilines is 1. The molecule has 0 aliphatic carbocycles. The van der Waals surface area contributed by atoms with Crippen molar-refractivity contribution in [2.45, 2.75) is 12.5 Å². The third kappa shape index (κ3) is 2.48. The van der Waals surface area contributed by atoms with Crippen LogP contribution >= 0.6 is 15.9 Å². The summed E-state index contributed by atoms with van der Waals surface area (Å²) in [7, 11) is 0. The summed E-state index contributed by atoms with van der Waals surface area (Å²) < 4.78 is 0.352. The Balaban J connectivity index is 2.20. The standard InChI is InChI=1S/C10H8BrN3O4/c11-6-2-1-5(3-8(6)14(17)18)12-7-4-9(15)13-10(7)16/h1-3,7,12H,4H2,(H,13,15,16). The SMILES string of the molecule is O=C1CC(Nc2ccc(Br)c([N+](=O)[O-])c2)C(=O)N1. The van der Waals surface area contributed by atoms with E-state index in [1.807, 2.05) is 0 Å². The van der Waals surface area contributed by atoms with E-state index in [4.69, 9.17) is 0 Å². The third-order valence-electron chi connectivity index (χ3n) is 2.45.